The first-order chi connectivity index (χ1) is 15.5. The summed E-state index contributed by atoms with van der Waals surface area (Å²) in [6.07, 6.45) is 7.24. The van der Waals surface area contributed by atoms with Gasteiger partial charge in [-0.3, -0.25) is 0 Å². The molecule has 32 heavy (non-hydrogen) atoms. The lowest BCUT2D eigenvalue weighted by molar-refractivity contribution is -0.129. The first-order valence-corrected chi connectivity index (χ1v) is 12.1. The van der Waals surface area contributed by atoms with Gasteiger partial charge in [0.25, 0.3) is 0 Å². The molecule has 4 bridgehead atoms. The van der Waals surface area contributed by atoms with Crippen molar-refractivity contribution in [2.75, 3.05) is 41.8 Å². The Morgan fingerprint density at radius 1 is 1.06 bits per heavy atom. The zero-order valence-electron chi connectivity index (χ0n) is 18.8. The van der Waals surface area contributed by atoms with Crippen LogP contribution in [0.25, 0.3) is 0 Å². The Balaban J connectivity index is 1.15. The summed E-state index contributed by atoms with van der Waals surface area (Å²) in [6, 6.07) is 8.85. The van der Waals surface area contributed by atoms with Crippen molar-refractivity contribution in [3.05, 3.63) is 30.5 Å². The molecule has 1 aromatic heterocycles. The van der Waals surface area contributed by atoms with E-state index in [1.165, 1.54) is 18.5 Å². The fourth-order valence-electron chi connectivity index (χ4n) is 6.73. The number of anilines is 4. The topological polar surface area (TPSA) is 82.5 Å². The molecular weight excluding hydrogens is 401 g/mol. The van der Waals surface area contributed by atoms with Crippen LogP contribution >= 0.6 is 0 Å². The van der Waals surface area contributed by atoms with Gasteiger partial charge in [0.1, 0.15) is 13.7 Å². The van der Waals surface area contributed by atoms with E-state index in [1.807, 2.05) is 6.20 Å². The largest absolute Gasteiger partial charge is 0.390 e. The molecule has 0 spiro atoms. The first kappa shape index (κ1) is 20.3. The third-order valence-corrected chi connectivity index (χ3v) is 8.02. The van der Waals surface area contributed by atoms with E-state index < -0.39 is 5.60 Å². The van der Waals surface area contributed by atoms with Crippen molar-refractivity contribution in [1.82, 2.24) is 9.97 Å². The zero-order chi connectivity index (χ0) is 21.7. The Morgan fingerprint density at radius 2 is 1.78 bits per heavy atom. The van der Waals surface area contributed by atoms with Gasteiger partial charge in [0, 0.05) is 36.7 Å². The van der Waals surface area contributed by atoms with Gasteiger partial charge in [0.15, 0.2) is 0 Å². The molecule has 7 rings (SSSR count). The predicted molar refractivity (Wildman–Crippen MR) is 129 cm³/mol. The molecule has 4 saturated carbocycles. The molecule has 2 atom stereocenters. The first-order valence-electron chi connectivity index (χ1n) is 12.1. The number of hydrogen-bond donors (Lipinski definition) is 3. The number of rotatable bonds is 5. The molecule has 1 saturated heterocycles. The van der Waals surface area contributed by atoms with Crippen LogP contribution in [0.15, 0.2) is 30.5 Å². The van der Waals surface area contributed by atoms with E-state index in [4.69, 9.17) is 9.72 Å². The highest BCUT2D eigenvalue weighted by Crippen LogP contribution is 2.56. The monoisotopic (exact) mass is 433 g/mol. The van der Waals surface area contributed by atoms with E-state index >= 15 is 0 Å². The Kier molecular flexibility index (Phi) is 5.03. The molecule has 5 aliphatic rings. The summed E-state index contributed by atoms with van der Waals surface area (Å²) in [6.45, 7) is 3.44. The minimum atomic E-state index is -0.407. The fraction of sp³-hybridized carbons (Fsp3) is 0.583. The van der Waals surface area contributed by atoms with Gasteiger partial charge < -0.3 is 25.4 Å². The minimum Gasteiger partial charge on any atom is -0.390 e. The van der Waals surface area contributed by atoms with Gasteiger partial charge in [-0.15, -0.1) is 0 Å². The maximum Gasteiger partial charge on any atom is 0.229 e. The van der Waals surface area contributed by atoms with Gasteiger partial charge in [0.2, 0.25) is 5.95 Å². The van der Waals surface area contributed by atoms with Crippen molar-refractivity contribution in [3.63, 3.8) is 0 Å². The Morgan fingerprint density at radius 3 is 2.47 bits per heavy atom. The van der Waals surface area contributed by atoms with Crippen LogP contribution in [0.1, 0.15) is 32.1 Å². The molecule has 5 fully saturated rings. The van der Waals surface area contributed by atoms with Crippen LogP contribution in [0.4, 0.5) is 23.1 Å². The van der Waals surface area contributed by atoms with Gasteiger partial charge >= 0.3 is 0 Å². The van der Waals surface area contributed by atoms with E-state index in [0.717, 1.165) is 62.5 Å². The number of nitrogens with zero attached hydrogens (tertiary/aromatic N) is 3. The van der Waals surface area contributed by atoms with Gasteiger partial charge in [-0.05, 0) is 79.6 Å². The number of morpholine rings is 1. The lowest BCUT2D eigenvalue weighted by atomic mass is 9.52. The van der Waals surface area contributed by atoms with Crippen molar-refractivity contribution >= 4 is 36.5 Å². The molecule has 3 N–H and O–H groups in total. The Hall–Kier alpha value is -2.32. The zero-order valence-corrected chi connectivity index (χ0v) is 18.8. The minimum absolute atomic E-state index is 0.404. The van der Waals surface area contributed by atoms with Crippen LogP contribution in [0, 0.1) is 17.8 Å². The van der Waals surface area contributed by atoms with E-state index in [9.17, 15) is 5.11 Å². The second-order valence-electron chi connectivity index (χ2n) is 10.4. The van der Waals surface area contributed by atoms with Crippen molar-refractivity contribution < 1.29 is 9.84 Å². The standard InChI is InChI=1S/C24H32BN5O2/c25-20-14-26-23(27-18-1-3-19(4-2-18)30-5-7-32-8-6-30)29-22(20)28-21-16-9-15-10-17(21)13-24(31,11-15)12-16/h1-4,14-17,21,31H,5-13,25H2,(H2,26,27,28,29)/t15?,16?,17?,21-,24-. The van der Waals surface area contributed by atoms with E-state index in [-0.39, 0.29) is 0 Å². The number of ether oxygens (including phenoxy) is 1. The molecule has 7 nitrogen and oxygen atoms in total. The second-order valence-corrected chi connectivity index (χ2v) is 10.4. The third kappa shape index (κ3) is 3.84. The van der Waals surface area contributed by atoms with E-state index in [2.05, 4.69) is 52.6 Å². The number of aliphatic hydroxyl groups is 1. The lowest BCUT2D eigenvalue weighted by Crippen LogP contribution is -2.59. The predicted octanol–water partition coefficient (Wildman–Crippen LogP) is 1.67. The molecule has 1 aliphatic heterocycles. The fourth-order valence-corrected chi connectivity index (χ4v) is 6.73. The Bertz CT molecular complexity index is 965. The van der Waals surface area contributed by atoms with Gasteiger partial charge in [-0.2, -0.15) is 4.98 Å². The maximum atomic E-state index is 10.9. The summed E-state index contributed by atoms with van der Waals surface area (Å²) >= 11 is 0. The van der Waals surface area contributed by atoms with Crippen LogP contribution < -0.4 is 21.0 Å². The molecule has 0 radical (unpaired) electrons. The molecule has 2 unspecified atom stereocenters. The second kappa shape index (κ2) is 7.92. The average molecular weight is 433 g/mol. The molecule has 2 aromatic rings. The van der Waals surface area contributed by atoms with Crippen LogP contribution in [0.5, 0.6) is 0 Å². The summed E-state index contributed by atoms with van der Waals surface area (Å²) in [4.78, 5) is 11.7. The van der Waals surface area contributed by atoms with Crippen molar-refractivity contribution in [3.8, 4) is 0 Å². The van der Waals surface area contributed by atoms with Crippen LogP contribution in [-0.4, -0.2) is 60.9 Å². The highest BCUT2D eigenvalue weighted by molar-refractivity contribution is 6.35. The maximum absolute atomic E-state index is 10.9. The lowest BCUT2D eigenvalue weighted by Gasteiger charge is -2.58. The smallest absolute Gasteiger partial charge is 0.229 e. The SMILES string of the molecule is Bc1cnc(Nc2ccc(N3CCOCC3)cc2)nc1N[C@H]1C2CC3CC1C[C@](O)(C3)C2. The summed E-state index contributed by atoms with van der Waals surface area (Å²) < 4.78 is 5.45. The van der Waals surface area contributed by atoms with Gasteiger partial charge in [-0.25, -0.2) is 4.98 Å². The Labute approximate surface area is 190 Å². The third-order valence-electron chi connectivity index (χ3n) is 8.02. The number of hydrogen-bond acceptors (Lipinski definition) is 7. The molecule has 168 valence electrons. The molecular formula is C24H32BN5O2. The number of nitrogens with one attached hydrogen (secondary N) is 2. The van der Waals surface area contributed by atoms with E-state index in [0.29, 0.717) is 29.7 Å². The molecule has 8 heteroatoms. The highest BCUT2D eigenvalue weighted by atomic mass is 16.5. The summed E-state index contributed by atoms with van der Waals surface area (Å²) in [5.74, 6) is 3.32. The number of aromatic nitrogens is 2. The van der Waals surface area contributed by atoms with Crippen LogP contribution in [0.2, 0.25) is 0 Å². The quantitative estimate of drug-likeness (QED) is 0.619. The highest BCUT2D eigenvalue weighted by Gasteiger charge is 2.54. The summed E-state index contributed by atoms with van der Waals surface area (Å²) in [5, 5.41) is 18.0. The van der Waals surface area contributed by atoms with Crippen molar-refractivity contribution in [2.24, 2.45) is 17.8 Å². The van der Waals surface area contributed by atoms with E-state index in [1.54, 1.807) is 0 Å². The molecule has 0 amide bonds. The summed E-state index contributed by atoms with van der Waals surface area (Å²) in [7, 11) is 2.06. The number of benzene rings is 1. The summed E-state index contributed by atoms with van der Waals surface area (Å²) in [5.41, 5.74) is 2.85. The van der Waals surface area contributed by atoms with Gasteiger partial charge in [0.05, 0.1) is 18.8 Å². The van der Waals surface area contributed by atoms with Gasteiger partial charge in [-0.1, -0.05) is 0 Å². The normalized spacial score (nSPS) is 33.3. The average Bonchev–Trinajstić information content (AvgIpc) is 2.78. The van der Waals surface area contributed by atoms with Crippen LogP contribution in [0.3, 0.4) is 0 Å². The van der Waals surface area contributed by atoms with Crippen molar-refractivity contribution in [1.29, 1.82) is 0 Å². The molecule has 1 aromatic carbocycles. The van der Waals surface area contributed by atoms with Crippen molar-refractivity contribution in [2.45, 2.75) is 43.7 Å². The van der Waals surface area contributed by atoms with Crippen LogP contribution in [-0.2, 0) is 4.74 Å². The molecule has 2 heterocycles. The molecule has 4 aliphatic carbocycles.